The number of aromatic nitrogens is 1. The van der Waals surface area contributed by atoms with Crippen LogP contribution in [0.2, 0.25) is 0 Å². The highest BCUT2D eigenvalue weighted by molar-refractivity contribution is 5.64. The Morgan fingerprint density at radius 3 is 2.85 bits per heavy atom. The fourth-order valence-electron chi connectivity index (χ4n) is 1.04. The van der Waals surface area contributed by atoms with Gasteiger partial charge < -0.3 is 17.5 Å². The lowest BCUT2D eigenvalue weighted by Gasteiger charge is -1.94. The fraction of sp³-hybridized carbons (Fsp3) is 0.333. The highest BCUT2D eigenvalue weighted by Crippen LogP contribution is 1.93. The van der Waals surface area contributed by atoms with E-state index in [1.165, 1.54) is 0 Å². The van der Waals surface area contributed by atoms with Crippen LogP contribution in [0, 0.1) is 0 Å². The van der Waals surface area contributed by atoms with E-state index in [9.17, 15) is 4.79 Å². The Bertz CT molecular complexity index is 289. The molecule has 13 heavy (non-hydrogen) atoms. The summed E-state index contributed by atoms with van der Waals surface area (Å²) in [5, 5.41) is 8.51. The minimum atomic E-state index is -0.812. The Morgan fingerprint density at radius 1 is 1.62 bits per heavy atom. The molecular formula is C9H12ClNO2. The highest BCUT2D eigenvalue weighted by Gasteiger charge is 2.06. The minimum absolute atomic E-state index is 0. The van der Waals surface area contributed by atoms with Gasteiger partial charge in [-0.3, -0.25) is 0 Å². The number of aryl methyl sites for hydroxylation is 1. The lowest BCUT2D eigenvalue weighted by atomic mass is 10.2. The molecule has 0 atom stereocenters. The van der Waals surface area contributed by atoms with Crippen LogP contribution >= 0.6 is 0 Å². The number of nitrogens with zero attached hydrogens (tertiary/aromatic N) is 1. The first kappa shape index (κ1) is 11.9. The standard InChI is InChI=1S/C9H11NO2.ClH/c1-2-8-4-3-5-10(6-8)7-9(11)12;/h3-6H,2,7H2,1H3;1H. The van der Waals surface area contributed by atoms with Crippen molar-refractivity contribution in [1.29, 1.82) is 0 Å². The molecule has 0 amide bonds. The summed E-state index contributed by atoms with van der Waals surface area (Å²) in [6.07, 6.45) is 4.54. The third-order valence-corrected chi connectivity index (χ3v) is 1.65. The van der Waals surface area contributed by atoms with Crippen molar-refractivity contribution in [2.24, 2.45) is 0 Å². The van der Waals surface area contributed by atoms with Crippen LogP contribution in [0.25, 0.3) is 0 Å². The normalized spacial score (nSPS) is 9.00. The van der Waals surface area contributed by atoms with Crippen LogP contribution in [-0.2, 0) is 17.8 Å². The molecule has 0 aromatic carbocycles. The van der Waals surface area contributed by atoms with Crippen molar-refractivity contribution in [2.75, 3.05) is 0 Å². The summed E-state index contributed by atoms with van der Waals surface area (Å²) in [6.45, 7) is 2.08. The molecule has 3 nitrogen and oxygen atoms in total. The van der Waals surface area contributed by atoms with Gasteiger partial charge in [0.15, 0.2) is 12.4 Å². The van der Waals surface area contributed by atoms with Crippen LogP contribution in [0.5, 0.6) is 0 Å². The van der Waals surface area contributed by atoms with Gasteiger partial charge in [-0.05, 0) is 12.5 Å². The topological polar surface area (TPSA) is 41.2 Å². The average Bonchev–Trinajstić information content (AvgIpc) is 2.03. The Morgan fingerprint density at radius 2 is 2.31 bits per heavy atom. The molecule has 0 radical (unpaired) electrons. The number of pyridine rings is 1. The van der Waals surface area contributed by atoms with Gasteiger partial charge in [-0.2, -0.15) is 4.57 Å². The average molecular weight is 202 g/mol. The van der Waals surface area contributed by atoms with Gasteiger partial charge in [0, 0.05) is 11.6 Å². The minimum Gasteiger partial charge on any atom is -1.00 e. The van der Waals surface area contributed by atoms with E-state index in [1.807, 2.05) is 25.3 Å². The van der Waals surface area contributed by atoms with Crippen molar-refractivity contribution in [2.45, 2.75) is 19.9 Å². The van der Waals surface area contributed by atoms with Gasteiger partial charge in [0.05, 0.1) is 0 Å². The third kappa shape index (κ3) is 3.90. The van der Waals surface area contributed by atoms with E-state index in [4.69, 9.17) is 5.11 Å². The molecule has 0 spiro atoms. The first-order valence-electron chi connectivity index (χ1n) is 3.92. The van der Waals surface area contributed by atoms with Crippen molar-refractivity contribution in [3.63, 3.8) is 0 Å². The van der Waals surface area contributed by atoms with E-state index < -0.39 is 5.97 Å². The van der Waals surface area contributed by atoms with E-state index in [2.05, 4.69) is 0 Å². The number of rotatable bonds is 3. The number of carboxylic acids is 1. The lowest BCUT2D eigenvalue weighted by Crippen LogP contribution is -3.00. The molecule has 0 aliphatic rings. The third-order valence-electron chi connectivity index (χ3n) is 1.65. The molecule has 1 aromatic rings. The summed E-state index contributed by atoms with van der Waals surface area (Å²) in [6, 6.07) is 3.85. The van der Waals surface area contributed by atoms with Crippen LogP contribution in [0.1, 0.15) is 12.5 Å². The Labute approximate surface area is 83.4 Å². The quantitative estimate of drug-likeness (QED) is 0.556. The number of halogens is 1. The van der Waals surface area contributed by atoms with Gasteiger partial charge in [0.2, 0.25) is 6.54 Å². The molecule has 1 heterocycles. The Hall–Kier alpha value is -1.09. The van der Waals surface area contributed by atoms with E-state index in [0.29, 0.717) is 0 Å². The molecule has 0 aliphatic carbocycles. The lowest BCUT2D eigenvalue weighted by molar-refractivity contribution is -0.686. The second kappa shape index (κ2) is 5.54. The number of hydrogen-bond acceptors (Lipinski definition) is 1. The maximum absolute atomic E-state index is 10.3. The molecule has 72 valence electrons. The molecule has 0 saturated heterocycles. The van der Waals surface area contributed by atoms with Gasteiger partial charge >= 0.3 is 5.97 Å². The predicted molar refractivity (Wildman–Crippen MR) is 43.7 cm³/mol. The molecule has 0 bridgehead atoms. The highest BCUT2D eigenvalue weighted by atomic mass is 35.5. The molecule has 0 fully saturated rings. The van der Waals surface area contributed by atoms with E-state index in [1.54, 1.807) is 10.8 Å². The Kier molecular flexibility index (Phi) is 5.07. The zero-order valence-electron chi connectivity index (χ0n) is 7.40. The summed E-state index contributed by atoms with van der Waals surface area (Å²) in [5.74, 6) is -0.812. The molecule has 1 rings (SSSR count). The molecule has 0 saturated carbocycles. The van der Waals surface area contributed by atoms with E-state index in [-0.39, 0.29) is 19.0 Å². The summed E-state index contributed by atoms with van der Waals surface area (Å²) in [7, 11) is 0. The Balaban J connectivity index is 0.00000144. The zero-order chi connectivity index (χ0) is 8.97. The first-order valence-corrected chi connectivity index (χ1v) is 3.92. The molecule has 0 unspecified atom stereocenters. The van der Waals surface area contributed by atoms with Crippen molar-refractivity contribution < 1.29 is 26.9 Å². The van der Waals surface area contributed by atoms with Crippen molar-refractivity contribution in [3.8, 4) is 0 Å². The number of carboxylic acid groups (broad SMARTS) is 1. The number of aliphatic carboxylic acids is 1. The second-order valence-corrected chi connectivity index (χ2v) is 2.63. The first-order chi connectivity index (χ1) is 5.72. The van der Waals surface area contributed by atoms with Crippen molar-refractivity contribution in [1.82, 2.24) is 0 Å². The molecule has 0 aliphatic heterocycles. The monoisotopic (exact) mass is 201 g/mol. The molecule has 1 N–H and O–H groups in total. The predicted octanol–water partition coefficient (Wildman–Crippen LogP) is -2.37. The van der Waals surface area contributed by atoms with Gasteiger partial charge in [-0.15, -0.1) is 0 Å². The van der Waals surface area contributed by atoms with Gasteiger partial charge in [-0.1, -0.05) is 6.92 Å². The van der Waals surface area contributed by atoms with Crippen LogP contribution in [0.15, 0.2) is 24.5 Å². The van der Waals surface area contributed by atoms with Gasteiger partial charge in [-0.25, -0.2) is 4.79 Å². The molecule has 1 aromatic heterocycles. The summed E-state index contributed by atoms with van der Waals surface area (Å²) in [5.41, 5.74) is 1.15. The SMILES string of the molecule is CCc1ccc[n+](CC(=O)O)c1.[Cl-]. The van der Waals surface area contributed by atoms with Crippen molar-refractivity contribution in [3.05, 3.63) is 30.1 Å². The van der Waals surface area contributed by atoms with Crippen LogP contribution in [0.4, 0.5) is 0 Å². The fourth-order valence-corrected chi connectivity index (χ4v) is 1.04. The molecule has 4 heteroatoms. The largest absolute Gasteiger partial charge is 1.00 e. The molecular weight excluding hydrogens is 190 g/mol. The van der Waals surface area contributed by atoms with Crippen LogP contribution < -0.4 is 17.0 Å². The number of hydrogen-bond donors (Lipinski definition) is 1. The maximum Gasteiger partial charge on any atom is 0.370 e. The maximum atomic E-state index is 10.3. The van der Waals surface area contributed by atoms with Crippen LogP contribution in [0.3, 0.4) is 0 Å². The van der Waals surface area contributed by atoms with Crippen molar-refractivity contribution >= 4 is 5.97 Å². The van der Waals surface area contributed by atoms with Gasteiger partial charge in [0.25, 0.3) is 0 Å². The van der Waals surface area contributed by atoms with E-state index in [0.717, 1.165) is 12.0 Å². The second-order valence-electron chi connectivity index (χ2n) is 2.63. The van der Waals surface area contributed by atoms with E-state index >= 15 is 0 Å². The smallest absolute Gasteiger partial charge is 0.370 e. The van der Waals surface area contributed by atoms with Gasteiger partial charge in [0.1, 0.15) is 0 Å². The van der Waals surface area contributed by atoms with Crippen LogP contribution in [-0.4, -0.2) is 11.1 Å². The summed E-state index contributed by atoms with van der Waals surface area (Å²) in [4.78, 5) is 10.3. The number of carbonyl (C=O) groups is 1. The summed E-state index contributed by atoms with van der Waals surface area (Å²) < 4.78 is 1.67. The zero-order valence-corrected chi connectivity index (χ0v) is 8.16. The summed E-state index contributed by atoms with van der Waals surface area (Å²) >= 11 is 0.